The van der Waals surface area contributed by atoms with Gasteiger partial charge in [0.1, 0.15) is 0 Å². The van der Waals surface area contributed by atoms with E-state index >= 15 is 0 Å². The fourth-order valence-electron chi connectivity index (χ4n) is 5.20. The molecule has 3 aliphatic rings. The Bertz CT molecular complexity index is 1320. The first-order valence-corrected chi connectivity index (χ1v) is 13.4. The molecule has 0 saturated carbocycles. The van der Waals surface area contributed by atoms with Crippen molar-refractivity contribution in [3.05, 3.63) is 106 Å². The number of rotatable bonds is 6. The van der Waals surface area contributed by atoms with Crippen molar-refractivity contribution >= 4 is 34.4 Å². The van der Waals surface area contributed by atoms with Gasteiger partial charge < -0.3 is 10.2 Å². The van der Waals surface area contributed by atoms with E-state index < -0.39 is 11.6 Å². The molecule has 0 bridgehead atoms. The van der Waals surface area contributed by atoms with Gasteiger partial charge in [-0.25, -0.2) is 4.79 Å². The molecule has 1 amide bonds. The first-order valence-electron chi connectivity index (χ1n) is 12.1. The van der Waals surface area contributed by atoms with Crippen LogP contribution in [0.5, 0.6) is 0 Å². The van der Waals surface area contributed by atoms with Crippen molar-refractivity contribution in [2.45, 2.75) is 36.0 Å². The molecule has 6 nitrogen and oxygen atoms in total. The molecule has 0 spiro atoms. The summed E-state index contributed by atoms with van der Waals surface area (Å²) in [7, 11) is 0. The molecule has 2 aromatic rings. The predicted molar refractivity (Wildman–Crippen MR) is 139 cm³/mol. The molecule has 0 aromatic heterocycles. The number of hydrogen-bond donors (Lipinski definition) is 2. The Morgan fingerprint density at radius 1 is 1.06 bits per heavy atom. The number of carbonyl (C=O) groups is 2. The van der Waals surface area contributed by atoms with E-state index in [2.05, 4.69) is 46.1 Å². The molecule has 7 heteroatoms. The summed E-state index contributed by atoms with van der Waals surface area (Å²) in [4.78, 5) is 31.8. The van der Waals surface area contributed by atoms with Crippen LogP contribution in [0.25, 0.3) is 0 Å². The molecule has 2 aliphatic heterocycles. The summed E-state index contributed by atoms with van der Waals surface area (Å²) in [6, 6.07) is 17.0. The SMILES string of the molecule is O=C(C1=CC2=CC=C([C@](O)(C(=O)O)c3ccccc3)CC2=N1)N1CCC(c2cccc(C[As])c2)CC1. The number of likely N-dealkylation sites (tertiary alicyclic amines) is 1. The minimum atomic E-state index is -2.16. The normalized spacial score (nSPS) is 19.4. The second kappa shape index (κ2) is 10.0. The van der Waals surface area contributed by atoms with Gasteiger partial charge in [-0.15, -0.1) is 0 Å². The molecule has 2 radical (unpaired) electrons. The zero-order valence-electron chi connectivity index (χ0n) is 19.8. The van der Waals surface area contributed by atoms with E-state index in [0.717, 1.165) is 23.6 Å². The molecule has 5 rings (SSSR count). The van der Waals surface area contributed by atoms with E-state index in [1.165, 1.54) is 11.1 Å². The third-order valence-electron chi connectivity index (χ3n) is 7.27. The molecule has 1 fully saturated rings. The Kier molecular flexibility index (Phi) is 6.83. The monoisotopic (exact) mass is 542 g/mol. The Labute approximate surface area is 219 Å². The molecule has 1 atom stereocenters. The van der Waals surface area contributed by atoms with Crippen molar-refractivity contribution in [3.8, 4) is 0 Å². The molecule has 182 valence electrons. The van der Waals surface area contributed by atoms with Gasteiger partial charge in [0.25, 0.3) is 0 Å². The van der Waals surface area contributed by atoms with Crippen LogP contribution in [0.2, 0.25) is 0 Å². The minimum absolute atomic E-state index is 0.103. The van der Waals surface area contributed by atoms with Crippen LogP contribution in [0.4, 0.5) is 0 Å². The van der Waals surface area contributed by atoms with Crippen molar-refractivity contribution < 1.29 is 19.8 Å². The van der Waals surface area contributed by atoms with Crippen LogP contribution >= 0.6 is 0 Å². The van der Waals surface area contributed by atoms with Gasteiger partial charge in [0.2, 0.25) is 5.60 Å². The number of carbonyl (C=O) groups excluding carboxylic acids is 1. The van der Waals surface area contributed by atoms with Crippen LogP contribution in [0.3, 0.4) is 0 Å². The summed E-state index contributed by atoms with van der Waals surface area (Å²) in [5.74, 6) is -0.999. The molecule has 0 unspecified atom stereocenters. The van der Waals surface area contributed by atoms with Crippen molar-refractivity contribution in [1.29, 1.82) is 0 Å². The standard InChI is InChI=1S/C29H27AsN2O4/c30-18-19-5-4-6-21(15-19)20-11-13-32(14-12-20)27(33)26-16-22-9-10-24(17-25(22)31-26)29(36,28(34)35)23-7-2-1-3-8-23/h1-10,15-16,20,36H,11-14,17-18H2,(H,34,35)/t29-/m0/s1. The summed E-state index contributed by atoms with van der Waals surface area (Å²) in [5.41, 5.74) is 2.86. The van der Waals surface area contributed by atoms with Crippen LogP contribution in [0.15, 0.2) is 94.7 Å². The maximum atomic E-state index is 13.3. The van der Waals surface area contributed by atoms with Gasteiger partial charge in [-0.2, -0.15) is 0 Å². The maximum absolute atomic E-state index is 13.3. The van der Waals surface area contributed by atoms with Gasteiger partial charge >= 0.3 is 139 Å². The summed E-state index contributed by atoms with van der Waals surface area (Å²) in [6.07, 6.45) is 7.12. The molecule has 2 heterocycles. The molecule has 2 N–H and O–H groups in total. The number of hydrogen-bond acceptors (Lipinski definition) is 4. The summed E-state index contributed by atoms with van der Waals surface area (Å²) in [6.45, 7) is 1.35. The van der Waals surface area contributed by atoms with Crippen molar-refractivity contribution in [2.75, 3.05) is 13.1 Å². The van der Waals surface area contributed by atoms with Gasteiger partial charge in [0.05, 0.1) is 0 Å². The zero-order valence-corrected chi connectivity index (χ0v) is 21.7. The number of carboxylic acids is 1. The average Bonchev–Trinajstić information content (AvgIpc) is 3.36. The number of aliphatic carboxylic acids is 1. The second-order valence-electron chi connectivity index (χ2n) is 9.43. The van der Waals surface area contributed by atoms with Crippen LogP contribution in [0.1, 0.15) is 41.9 Å². The van der Waals surface area contributed by atoms with Gasteiger partial charge in [0.15, 0.2) is 0 Å². The molecule has 1 saturated heterocycles. The number of piperidine rings is 1. The second-order valence-corrected chi connectivity index (χ2v) is 10.1. The number of carboxylic acid groups (broad SMARTS) is 1. The van der Waals surface area contributed by atoms with E-state index in [1.807, 2.05) is 4.90 Å². The van der Waals surface area contributed by atoms with Crippen LogP contribution in [0, 0.1) is 0 Å². The summed E-state index contributed by atoms with van der Waals surface area (Å²) in [5, 5.41) is 22.0. The Hall–Kier alpha value is -3.21. The molecular formula is C29H27AsN2O4. The van der Waals surface area contributed by atoms with E-state index in [4.69, 9.17) is 0 Å². The van der Waals surface area contributed by atoms with Gasteiger partial charge in [-0.1, -0.05) is 42.5 Å². The van der Waals surface area contributed by atoms with Crippen LogP contribution < -0.4 is 0 Å². The summed E-state index contributed by atoms with van der Waals surface area (Å²) < 4.78 is 0. The number of benzene rings is 2. The Morgan fingerprint density at radius 2 is 1.81 bits per heavy atom. The number of amides is 1. The van der Waals surface area contributed by atoms with E-state index in [-0.39, 0.29) is 17.9 Å². The molecule has 1 aliphatic carbocycles. The fourth-order valence-corrected chi connectivity index (χ4v) is 5.61. The van der Waals surface area contributed by atoms with E-state index in [0.29, 0.717) is 36.0 Å². The Balaban J connectivity index is 1.27. The first kappa shape index (κ1) is 24.5. The van der Waals surface area contributed by atoms with Gasteiger partial charge in [-0.3, -0.25) is 0 Å². The van der Waals surface area contributed by atoms with Crippen LogP contribution in [-0.4, -0.2) is 62.6 Å². The van der Waals surface area contributed by atoms with Gasteiger partial charge in [0, 0.05) is 6.42 Å². The summed E-state index contributed by atoms with van der Waals surface area (Å²) >= 11 is 2.61. The fraction of sp³-hybridized carbons (Fsp3) is 0.276. The van der Waals surface area contributed by atoms with Crippen molar-refractivity contribution in [1.82, 2.24) is 4.90 Å². The van der Waals surface area contributed by atoms with E-state index in [1.54, 1.807) is 48.6 Å². The first-order chi connectivity index (χ1) is 17.4. The third kappa shape index (κ3) is 4.51. The average molecular weight is 542 g/mol. The van der Waals surface area contributed by atoms with Crippen molar-refractivity contribution in [2.24, 2.45) is 4.99 Å². The third-order valence-corrected chi connectivity index (χ3v) is 8.04. The predicted octanol–water partition coefficient (Wildman–Crippen LogP) is 3.63. The van der Waals surface area contributed by atoms with Crippen molar-refractivity contribution in [3.63, 3.8) is 0 Å². The molecule has 2 aromatic carbocycles. The number of aliphatic hydroxyl groups is 1. The number of nitrogens with zero attached hydrogens (tertiary/aromatic N) is 2. The zero-order chi connectivity index (χ0) is 25.3. The quantitative estimate of drug-likeness (QED) is 0.546. The molecule has 36 heavy (non-hydrogen) atoms. The number of allylic oxidation sites excluding steroid dienone is 4. The topological polar surface area (TPSA) is 90.2 Å². The van der Waals surface area contributed by atoms with E-state index in [9.17, 15) is 19.8 Å². The van der Waals surface area contributed by atoms with Gasteiger partial charge in [-0.05, 0) is 11.1 Å². The Morgan fingerprint density at radius 3 is 2.50 bits per heavy atom. The van der Waals surface area contributed by atoms with Crippen LogP contribution in [-0.2, 0) is 20.4 Å². The number of aliphatic imine (C=N–C) groups is 1. The number of fused-ring (bicyclic) bond motifs is 1. The molecular weight excluding hydrogens is 515 g/mol.